The second-order valence-corrected chi connectivity index (χ2v) is 8.21. The smallest absolute Gasteiger partial charge is 0.226 e. The predicted molar refractivity (Wildman–Crippen MR) is 107 cm³/mol. The molecule has 0 spiro atoms. The minimum Gasteiger partial charge on any atom is -0.393 e. The van der Waals surface area contributed by atoms with Crippen LogP contribution in [0.3, 0.4) is 0 Å². The molecule has 162 valence electrons. The standard InChI is InChI=1S/C20H37N3O5/c1-12(2)11-28-16-7-15(9-22-10-16)19(26)8-17(13(3)24)20(27)23-18(5-6-21)14(4)25/h12-13,15-18,22,24H,5-11,21H2,1-4H3,(H,23,27)/t13-,15?,16?,17-,18-/m0/s1. The Morgan fingerprint density at radius 2 is 1.93 bits per heavy atom. The van der Waals surface area contributed by atoms with Crippen LogP contribution in [0.4, 0.5) is 0 Å². The Labute approximate surface area is 167 Å². The number of carbonyl (C=O) groups excluding carboxylic acids is 3. The molecule has 5 N–H and O–H groups in total. The molecule has 5 atom stereocenters. The number of Topliss-reactive ketones (excluding diaryl/α,β-unsaturated/α-hetero) is 2. The zero-order valence-electron chi connectivity index (χ0n) is 17.6. The van der Waals surface area contributed by atoms with Gasteiger partial charge in [0.05, 0.1) is 24.2 Å². The highest BCUT2D eigenvalue weighted by Crippen LogP contribution is 2.21. The van der Waals surface area contributed by atoms with Crippen molar-refractivity contribution in [2.45, 2.75) is 65.2 Å². The van der Waals surface area contributed by atoms with Gasteiger partial charge in [-0.1, -0.05) is 13.8 Å². The molecule has 8 nitrogen and oxygen atoms in total. The maximum atomic E-state index is 12.8. The number of aliphatic hydroxyl groups excluding tert-OH is 1. The molecular weight excluding hydrogens is 362 g/mol. The maximum absolute atomic E-state index is 12.8. The lowest BCUT2D eigenvalue weighted by atomic mass is 9.86. The number of amides is 1. The van der Waals surface area contributed by atoms with Crippen LogP contribution in [0, 0.1) is 17.8 Å². The number of carbonyl (C=O) groups is 3. The second-order valence-electron chi connectivity index (χ2n) is 8.21. The van der Waals surface area contributed by atoms with Gasteiger partial charge in [-0.2, -0.15) is 0 Å². The van der Waals surface area contributed by atoms with Crippen LogP contribution in [0.1, 0.15) is 47.0 Å². The van der Waals surface area contributed by atoms with Crippen LogP contribution in [-0.4, -0.2) is 67.1 Å². The molecular formula is C20H37N3O5. The molecule has 0 aromatic carbocycles. The molecule has 1 amide bonds. The van der Waals surface area contributed by atoms with Gasteiger partial charge < -0.3 is 26.2 Å². The molecule has 1 heterocycles. The molecule has 0 aromatic rings. The van der Waals surface area contributed by atoms with Gasteiger partial charge in [-0.3, -0.25) is 14.4 Å². The molecule has 2 unspecified atom stereocenters. The zero-order valence-corrected chi connectivity index (χ0v) is 17.6. The van der Waals surface area contributed by atoms with Crippen LogP contribution in [0.15, 0.2) is 0 Å². The third-order valence-corrected chi connectivity index (χ3v) is 5.03. The number of piperidine rings is 1. The molecule has 8 heteroatoms. The fraction of sp³-hybridized carbons (Fsp3) is 0.850. The van der Waals surface area contributed by atoms with E-state index in [1.807, 2.05) is 0 Å². The molecule has 1 aliphatic heterocycles. The van der Waals surface area contributed by atoms with Crippen molar-refractivity contribution in [2.24, 2.45) is 23.5 Å². The Bertz CT molecular complexity index is 524. The quantitative estimate of drug-likeness (QED) is 0.364. The van der Waals surface area contributed by atoms with Gasteiger partial charge in [0.15, 0.2) is 5.78 Å². The molecule has 1 saturated heterocycles. The summed E-state index contributed by atoms with van der Waals surface area (Å²) in [5, 5.41) is 15.9. The highest BCUT2D eigenvalue weighted by atomic mass is 16.5. The lowest BCUT2D eigenvalue weighted by Gasteiger charge is -2.31. The first-order valence-corrected chi connectivity index (χ1v) is 10.2. The van der Waals surface area contributed by atoms with E-state index >= 15 is 0 Å². The van der Waals surface area contributed by atoms with Gasteiger partial charge in [-0.25, -0.2) is 0 Å². The van der Waals surface area contributed by atoms with Crippen LogP contribution in [0.2, 0.25) is 0 Å². The van der Waals surface area contributed by atoms with Crippen LogP contribution in [-0.2, 0) is 19.1 Å². The molecule has 0 aliphatic carbocycles. The largest absolute Gasteiger partial charge is 0.393 e. The molecule has 1 aliphatic rings. The second kappa shape index (κ2) is 12.3. The van der Waals surface area contributed by atoms with E-state index in [2.05, 4.69) is 24.5 Å². The number of ether oxygens (including phenoxy) is 1. The summed E-state index contributed by atoms with van der Waals surface area (Å²) in [5.74, 6) is -1.51. The van der Waals surface area contributed by atoms with Crippen molar-refractivity contribution >= 4 is 17.5 Å². The maximum Gasteiger partial charge on any atom is 0.226 e. The molecule has 0 aromatic heterocycles. The Hall–Kier alpha value is -1.35. The van der Waals surface area contributed by atoms with E-state index < -0.39 is 24.0 Å². The molecule has 0 bridgehead atoms. The van der Waals surface area contributed by atoms with Crippen molar-refractivity contribution in [3.05, 3.63) is 0 Å². The summed E-state index contributed by atoms with van der Waals surface area (Å²) in [6, 6.07) is -0.695. The van der Waals surface area contributed by atoms with E-state index in [4.69, 9.17) is 10.5 Å². The minimum absolute atomic E-state index is 0.0319. The Morgan fingerprint density at radius 1 is 1.25 bits per heavy atom. The number of nitrogens with two attached hydrogens (primary N) is 1. The van der Waals surface area contributed by atoms with Gasteiger partial charge in [-0.15, -0.1) is 0 Å². The number of aliphatic hydroxyl groups is 1. The average molecular weight is 400 g/mol. The number of rotatable bonds is 12. The summed E-state index contributed by atoms with van der Waals surface area (Å²) in [6.07, 6.45) is -0.173. The van der Waals surface area contributed by atoms with E-state index in [1.54, 1.807) is 0 Å². The van der Waals surface area contributed by atoms with Gasteiger partial charge in [0.25, 0.3) is 0 Å². The Kier molecular flexibility index (Phi) is 10.8. The van der Waals surface area contributed by atoms with Gasteiger partial charge in [0.1, 0.15) is 5.78 Å². The summed E-state index contributed by atoms with van der Waals surface area (Å²) >= 11 is 0. The highest BCUT2D eigenvalue weighted by molar-refractivity contribution is 5.91. The van der Waals surface area contributed by atoms with Crippen LogP contribution < -0.4 is 16.4 Å². The number of ketones is 2. The lowest BCUT2D eigenvalue weighted by Crippen LogP contribution is -2.48. The first-order valence-electron chi connectivity index (χ1n) is 10.2. The average Bonchev–Trinajstić information content (AvgIpc) is 2.63. The topological polar surface area (TPSA) is 131 Å². The van der Waals surface area contributed by atoms with Crippen molar-refractivity contribution in [1.29, 1.82) is 0 Å². The van der Waals surface area contributed by atoms with Crippen LogP contribution >= 0.6 is 0 Å². The monoisotopic (exact) mass is 399 g/mol. The zero-order chi connectivity index (χ0) is 21.3. The third-order valence-electron chi connectivity index (χ3n) is 5.03. The first-order chi connectivity index (χ1) is 13.1. The minimum atomic E-state index is -1.00. The summed E-state index contributed by atoms with van der Waals surface area (Å²) in [7, 11) is 0. The Balaban J connectivity index is 2.68. The number of nitrogens with one attached hydrogen (secondary N) is 2. The molecule has 0 radical (unpaired) electrons. The first kappa shape index (κ1) is 24.7. The van der Waals surface area contributed by atoms with E-state index in [0.717, 1.165) is 0 Å². The van der Waals surface area contributed by atoms with Crippen molar-refractivity contribution < 1.29 is 24.2 Å². The van der Waals surface area contributed by atoms with E-state index in [-0.39, 0.29) is 36.6 Å². The summed E-state index contributed by atoms with van der Waals surface area (Å²) < 4.78 is 5.84. The lowest BCUT2D eigenvalue weighted by molar-refractivity contribution is -0.137. The van der Waals surface area contributed by atoms with Crippen molar-refractivity contribution in [2.75, 3.05) is 26.2 Å². The van der Waals surface area contributed by atoms with Crippen molar-refractivity contribution in [3.63, 3.8) is 0 Å². The fourth-order valence-electron chi connectivity index (χ4n) is 3.29. The van der Waals surface area contributed by atoms with Crippen molar-refractivity contribution in [1.82, 2.24) is 10.6 Å². The predicted octanol–water partition coefficient (Wildman–Crippen LogP) is 0.0159. The highest BCUT2D eigenvalue weighted by Gasteiger charge is 2.33. The Morgan fingerprint density at radius 3 is 2.46 bits per heavy atom. The van der Waals surface area contributed by atoms with Gasteiger partial charge in [0, 0.05) is 32.0 Å². The molecule has 1 fully saturated rings. The number of hydrogen-bond acceptors (Lipinski definition) is 7. The van der Waals surface area contributed by atoms with Gasteiger partial charge >= 0.3 is 0 Å². The van der Waals surface area contributed by atoms with Crippen molar-refractivity contribution in [3.8, 4) is 0 Å². The van der Waals surface area contributed by atoms with Gasteiger partial charge in [-0.05, 0) is 39.2 Å². The van der Waals surface area contributed by atoms with E-state index in [1.165, 1.54) is 13.8 Å². The fourth-order valence-corrected chi connectivity index (χ4v) is 3.29. The van der Waals surface area contributed by atoms with Crippen LogP contribution in [0.25, 0.3) is 0 Å². The molecule has 0 saturated carbocycles. The summed E-state index contributed by atoms with van der Waals surface area (Å²) in [6.45, 7) is 9.15. The van der Waals surface area contributed by atoms with Crippen LogP contribution in [0.5, 0.6) is 0 Å². The van der Waals surface area contributed by atoms with Gasteiger partial charge in [0.2, 0.25) is 5.91 Å². The van der Waals surface area contributed by atoms with E-state index in [9.17, 15) is 19.5 Å². The molecule has 1 rings (SSSR count). The third kappa shape index (κ3) is 8.34. The summed E-state index contributed by atoms with van der Waals surface area (Å²) in [5.41, 5.74) is 5.49. The normalized spacial score (nSPS) is 23.1. The molecule has 28 heavy (non-hydrogen) atoms. The SMILES string of the molecule is CC(=O)[C@H](CCN)NC(=O)[C@@H](CC(=O)C1CNCC(OCC(C)C)C1)[C@H](C)O. The number of hydrogen-bond donors (Lipinski definition) is 4. The van der Waals surface area contributed by atoms with E-state index in [0.29, 0.717) is 38.5 Å². The summed E-state index contributed by atoms with van der Waals surface area (Å²) in [4.78, 5) is 37.0.